The summed E-state index contributed by atoms with van der Waals surface area (Å²) in [5.74, 6) is 0.798. The van der Waals surface area contributed by atoms with Gasteiger partial charge >= 0.3 is 0 Å². The maximum atomic E-state index is 11.1. The van der Waals surface area contributed by atoms with Crippen LogP contribution in [0.1, 0.15) is 25.7 Å². The number of hydrogen-bond acceptors (Lipinski definition) is 3. The lowest BCUT2D eigenvalue weighted by Crippen LogP contribution is -2.30. The normalized spacial score (nSPS) is 20.5. The minimum absolute atomic E-state index is 0.346. The van der Waals surface area contributed by atoms with Gasteiger partial charge in [-0.3, -0.25) is 4.79 Å². The zero-order chi connectivity index (χ0) is 9.68. The molecule has 1 aliphatic heterocycles. The average Bonchev–Trinajstić information content (AvgIpc) is 2.16. The van der Waals surface area contributed by atoms with Crippen LogP contribution < -0.4 is 0 Å². The maximum absolute atomic E-state index is 11.1. The lowest BCUT2D eigenvalue weighted by Gasteiger charge is -2.28. The molecule has 0 atom stereocenters. The molecule has 0 bridgehead atoms. The zero-order valence-electron chi connectivity index (χ0n) is 8.58. The molecule has 0 aromatic rings. The second-order valence-electron chi connectivity index (χ2n) is 3.86. The van der Waals surface area contributed by atoms with Crippen LogP contribution in [0.2, 0.25) is 0 Å². The second kappa shape index (κ2) is 5.66. The number of carbonyl (C=O) groups is 1. The van der Waals surface area contributed by atoms with Gasteiger partial charge < -0.3 is 4.90 Å². The molecule has 1 fully saturated rings. The number of carbonyl (C=O) groups excluding carboxylic acids is 1. The molecule has 1 rings (SSSR count). The van der Waals surface area contributed by atoms with Crippen LogP contribution in [0, 0.1) is 5.92 Å². The van der Waals surface area contributed by atoms with Gasteiger partial charge in [-0.15, -0.1) is 0 Å². The molecule has 0 spiro atoms. The molecule has 1 heterocycles. The second-order valence-corrected chi connectivity index (χ2v) is 4.73. The van der Waals surface area contributed by atoms with Crippen LogP contribution in [0.25, 0.3) is 0 Å². The van der Waals surface area contributed by atoms with Gasteiger partial charge in [0.1, 0.15) is 0 Å². The van der Waals surface area contributed by atoms with Crippen LogP contribution in [0.3, 0.4) is 0 Å². The molecule has 0 aromatic heterocycles. The van der Waals surface area contributed by atoms with Crippen molar-refractivity contribution in [2.75, 3.05) is 26.4 Å². The highest BCUT2D eigenvalue weighted by molar-refractivity contribution is 8.13. The van der Waals surface area contributed by atoms with Gasteiger partial charge in [0, 0.05) is 6.42 Å². The molecular weight excluding hydrogens is 182 g/mol. The van der Waals surface area contributed by atoms with E-state index in [1.807, 2.05) is 6.26 Å². The van der Waals surface area contributed by atoms with E-state index in [0.717, 1.165) is 18.8 Å². The molecule has 1 saturated heterocycles. The minimum Gasteiger partial charge on any atom is -0.306 e. The largest absolute Gasteiger partial charge is 0.306 e. The van der Waals surface area contributed by atoms with E-state index in [-0.39, 0.29) is 0 Å². The summed E-state index contributed by atoms with van der Waals surface area (Å²) < 4.78 is 0. The number of nitrogens with zero attached hydrogens (tertiary/aromatic N) is 1. The Bertz CT molecular complexity index is 164. The molecular formula is C10H19NOS. The van der Waals surface area contributed by atoms with E-state index in [9.17, 15) is 4.79 Å². The summed E-state index contributed by atoms with van der Waals surface area (Å²) >= 11 is 1.36. The van der Waals surface area contributed by atoms with Crippen molar-refractivity contribution in [2.24, 2.45) is 5.92 Å². The summed E-state index contributed by atoms with van der Waals surface area (Å²) in [6.07, 6.45) is 6.30. The highest BCUT2D eigenvalue weighted by Crippen LogP contribution is 2.21. The molecule has 0 unspecified atom stereocenters. The fourth-order valence-electron chi connectivity index (χ4n) is 1.77. The van der Waals surface area contributed by atoms with Gasteiger partial charge in [0.05, 0.1) is 0 Å². The van der Waals surface area contributed by atoms with Gasteiger partial charge in [-0.2, -0.15) is 0 Å². The Morgan fingerprint density at radius 2 is 2.08 bits per heavy atom. The lowest BCUT2D eigenvalue weighted by molar-refractivity contribution is -0.111. The standard InChI is InChI=1S/C10H19NOS/c1-11-7-5-9(6-8-11)3-4-10(12)13-2/h9H,3-8H2,1-2H3. The van der Waals surface area contributed by atoms with Crippen molar-refractivity contribution in [1.82, 2.24) is 4.90 Å². The summed E-state index contributed by atoms with van der Waals surface area (Å²) in [6.45, 7) is 2.41. The fraction of sp³-hybridized carbons (Fsp3) is 0.900. The smallest absolute Gasteiger partial charge is 0.188 e. The molecule has 0 saturated carbocycles. The number of likely N-dealkylation sites (tertiary alicyclic amines) is 1. The first-order chi connectivity index (χ1) is 6.22. The van der Waals surface area contributed by atoms with Gasteiger partial charge in [0.15, 0.2) is 5.12 Å². The van der Waals surface area contributed by atoms with E-state index in [1.54, 1.807) is 0 Å². The first-order valence-corrected chi connectivity index (χ1v) is 6.20. The molecule has 0 aromatic carbocycles. The molecule has 2 nitrogen and oxygen atoms in total. The minimum atomic E-state index is 0.346. The van der Waals surface area contributed by atoms with Crippen LogP contribution in [-0.2, 0) is 4.79 Å². The summed E-state index contributed by atoms with van der Waals surface area (Å²) in [5, 5.41) is 0.346. The molecule has 76 valence electrons. The Balaban J connectivity index is 2.12. The van der Waals surface area contributed by atoms with Gasteiger partial charge in [-0.1, -0.05) is 11.8 Å². The van der Waals surface area contributed by atoms with Gasteiger partial charge in [-0.05, 0) is 51.6 Å². The quantitative estimate of drug-likeness (QED) is 0.696. The third kappa shape index (κ3) is 4.14. The van der Waals surface area contributed by atoms with E-state index in [0.29, 0.717) is 5.12 Å². The van der Waals surface area contributed by atoms with Crippen molar-refractivity contribution in [2.45, 2.75) is 25.7 Å². The van der Waals surface area contributed by atoms with E-state index in [2.05, 4.69) is 11.9 Å². The molecule has 0 aliphatic carbocycles. The summed E-state index contributed by atoms with van der Waals surface area (Å²) in [5.41, 5.74) is 0. The first-order valence-electron chi connectivity index (χ1n) is 4.97. The molecule has 13 heavy (non-hydrogen) atoms. The molecule has 0 amide bonds. The molecule has 0 N–H and O–H groups in total. The highest BCUT2D eigenvalue weighted by atomic mass is 32.2. The van der Waals surface area contributed by atoms with Crippen molar-refractivity contribution in [3.05, 3.63) is 0 Å². The predicted molar refractivity (Wildman–Crippen MR) is 58.0 cm³/mol. The van der Waals surface area contributed by atoms with Crippen LogP contribution in [0.15, 0.2) is 0 Å². The van der Waals surface area contributed by atoms with Crippen molar-refractivity contribution >= 4 is 16.9 Å². The number of rotatable bonds is 3. The molecule has 1 aliphatic rings. The van der Waals surface area contributed by atoms with Crippen molar-refractivity contribution < 1.29 is 4.79 Å². The third-order valence-corrected chi connectivity index (χ3v) is 3.48. The van der Waals surface area contributed by atoms with Crippen LogP contribution in [-0.4, -0.2) is 36.4 Å². The highest BCUT2D eigenvalue weighted by Gasteiger charge is 2.16. The zero-order valence-corrected chi connectivity index (χ0v) is 9.40. The number of piperidine rings is 1. The van der Waals surface area contributed by atoms with E-state index >= 15 is 0 Å². The van der Waals surface area contributed by atoms with Gasteiger partial charge in [-0.25, -0.2) is 0 Å². The summed E-state index contributed by atoms with van der Waals surface area (Å²) in [4.78, 5) is 13.4. The molecule has 0 radical (unpaired) electrons. The predicted octanol–water partition coefficient (Wildman–Crippen LogP) is 2.00. The van der Waals surface area contributed by atoms with E-state index < -0.39 is 0 Å². The Hall–Kier alpha value is -0.0200. The van der Waals surface area contributed by atoms with Crippen molar-refractivity contribution in [1.29, 1.82) is 0 Å². The van der Waals surface area contributed by atoms with Crippen molar-refractivity contribution in [3.8, 4) is 0 Å². The molecule has 3 heteroatoms. The summed E-state index contributed by atoms with van der Waals surface area (Å²) in [7, 11) is 2.17. The SMILES string of the molecule is CSC(=O)CCC1CCN(C)CC1. The van der Waals surface area contributed by atoms with E-state index in [4.69, 9.17) is 0 Å². The lowest BCUT2D eigenvalue weighted by atomic mass is 9.93. The van der Waals surface area contributed by atoms with Crippen LogP contribution in [0.4, 0.5) is 0 Å². The Morgan fingerprint density at radius 1 is 1.46 bits per heavy atom. The topological polar surface area (TPSA) is 20.3 Å². The Kier molecular flexibility index (Phi) is 4.81. The first kappa shape index (κ1) is 11.1. The summed E-state index contributed by atoms with van der Waals surface area (Å²) in [6, 6.07) is 0. The van der Waals surface area contributed by atoms with Gasteiger partial charge in [0.25, 0.3) is 0 Å². The maximum Gasteiger partial charge on any atom is 0.188 e. The fourth-order valence-corrected chi connectivity index (χ4v) is 2.10. The van der Waals surface area contributed by atoms with E-state index in [1.165, 1.54) is 37.7 Å². The Labute approximate surface area is 85.1 Å². The van der Waals surface area contributed by atoms with Gasteiger partial charge in [0.2, 0.25) is 0 Å². The number of hydrogen-bond donors (Lipinski definition) is 0. The average molecular weight is 201 g/mol. The Morgan fingerprint density at radius 3 is 2.62 bits per heavy atom. The van der Waals surface area contributed by atoms with Crippen molar-refractivity contribution in [3.63, 3.8) is 0 Å². The third-order valence-electron chi connectivity index (χ3n) is 2.82. The number of thioether (sulfide) groups is 1. The van der Waals surface area contributed by atoms with Crippen LogP contribution >= 0.6 is 11.8 Å². The monoisotopic (exact) mass is 201 g/mol. The van der Waals surface area contributed by atoms with Crippen LogP contribution in [0.5, 0.6) is 0 Å².